The monoisotopic (exact) mass is 320 g/mol. The zero-order chi connectivity index (χ0) is 16.6. The summed E-state index contributed by atoms with van der Waals surface area (Å²) in [5.41, 5.74) is -2.18. The first-order valence-corrected chi connectivity index (χ1v) is 8.87. The first-order chi connectivity index (χ1) is 10.7. The normalized spacial score (nSPS) is 52.5. The molecule has 4 aliphatic carbocycles. The van der Waals surface area contributed by atoms with E-state index in [0.717, 1.165) is 12.0 Å². The standard InChI is InChI=1S/C19H25FO3/c1-17-10-16(23)19(20)14(13(17)5-6-15(17)22)4-3-11-9-12(21)7-8-18(11,19)2/h9,13-14,16,23H,3-8,10H2,1-2H3/t13-,14-,16?,17-,18-,19-/m0/s1. The van der Waals surface area contributed by atoms with Gasteiger partial charge in [-0.25, -0.2) is 4.39 Å². The van der Waals surface area contributed by atoms with Crippen molar-refractivity contribution in [2.75, 3.05) is 0 Å². The number of halogens is 1. The first-order valence-electron chi connectivity index (χ1n) is 8.87. The molecule has 0 aliphatic heterocycles. The number of alkyl halides is 1. The van der Waals surface area contributed by atoms with Crippen LogP contribution in [0.2, 0.25) is 0 Å². The van der Waals surface area contributed by atoms with Gasteiger partial charge in [0.25, 0.3) is 0 Å². The minimum absolute atomic E-state index is 0.0272. The Hall–Kier alpha value is -1.03. The summed E-state index contributed by atoms with van der Waals surface area (Å²) in [4.78, 5) is 24.1. The zero-order valence-electron chi connectivity index (χ0n) is 13.9. The molecule has 0 radical (unpaired) electrons. The van der Waals surface area contributed by atoms with Crippen molar-refractivity contribution in [3.63, 3.8) is 0 Å². The molecule has 1 N–H and O–H groups in total. The van der Waals surface area contributed by atoms with Crippen molar-refractivity contribution in [1.82, 2.24) is 0 Å². The highest BCUT2D eigenvalue weighted by Crippen LogP contribution is 2.67. The van der Waals surface area contributed by atoms with Gasteiger partial charge in [-0.1, -0.05) is 19.4 Å². The van der Waals surface area contributed by atoms with Crippen molar-refractivity contribution in [1.29, 1.82) is 0 Å². The van der Waals surface area contributed by atoms with Gasteiger partial charge in [0, 0.05) is 29.6 Å². The topological polar surface area (TPSA) is 54.4 Å². The van der Waals surface area contributed by atoms with Crippen molar-refractivity contribution in [2.24, 2.45) is 22.7 Å². The van der Waals surface area contributed by atoms with Crippen LogP contribution < -0.4 is 0 Å². The molecule has 0 aromatic heterocycles. The third kappa shape index (κ3) is 1.68. The van der Waals surface area contributed by atoms with E-state index in [1.807, 2.05) is 13.8 Å². The van der Waals surface area contributed by atoms with Crippen LogP contribution in [0.15, 0.2) is 11.6 Å². The highest BCUT2D eigenvalue weighted by atomic mass is 19.1. The van der Waals surface area contributed by atoms with Gasteiger partial charge in [-0.05, 0) is 44.1 Å². The molecule has 3 nitrogen and oxygen atoms in total. The molecule has 0 amide bonds. The molecular weight excluding hydrogens is 295 g/mol. The number of Topliss-reactive ketones (excluding diaryl/α,β-unsaturated/α-hetero) is 1. The fourth-order valence-electron chi connectivity index (χ4n) is 6.34. The van der Waals surface area contributed by atoms with E-state index in [0.29, 0.717) is 32.1 Å². The van der Waals surface area contributed by atoms with E-state index in [2.05, 4.69) is 0 Å². The van der Waals surface area contributed by atoms with E-state index in [9.17, 15) is 14.7 Å². The lowest BCUT2D eigenvalue weighted by Gasteiger charge is -2.62. The van der Waals surface area contributed by atoms with Crippen molar-refractivity contribution in [3.05, 3.63) is 11.6 Å². The van der Waals surface area contributed by atoms with Gasteiger partial charge in [0.1, 0.15) is 11.5 Å². The minimum atomic E-state index is -1.72. The van der Waals surface area contributed by atoms with Crippen molar-refractivity contribution in [3.8, 4) is 0 Å². The molecule has 3 saturated carbocycles. The van der Waals surface area contributed by atoms with E-state index in [1.54, 1.807) is 6.08 Å². The van der Waals surface area contributed by atoms with Gasteiger partial charge in [-0.2, -0.15) is 0 Å². The van der Waals surface area contributed by atoms with Crippen LogP contribution in [0.5, 0.6) is 0 Å². The predicted octanol–water partition coefficient (Wildman–Crippen LogP) is 3.15. The Kier molecular flexibility index (Phi) is 3.05. The molecule has 4 rings (SSSR count). The number of carbonyl (C=O) groups is 2. The van der Waals surface area contributed by atoms with Crippen LogP contribution in [0, 0.1) is 22.7 Å². The third-order valence-corrected chi connectivity index (χ3v) is 7.75. The van der Waals surface area contributed by atoms with E-state index < -0.39 is 22.6 Å². The molecule has 0 heterocycles. The van der Waals surface area contributed by atoms with Crippen LogP contribution in [0.3, 0.4) is 0 Å². The average molecular weight is 320 g/mol. The molecule has 0 aromatic carbocycles. The predicted molar refractivity (Wildman–Crippen MR) is 83.5 cm³/mol. The van der Waals surface area contributed by atoms with Crippen LogP contribution in [0.25, 0.3) is 0 Å². The molecule has 23 heavy (non-hydrogen) atoms. The Morgan fingerprint density at radius 1 is 1.13 bits per heavy atom. The van der Waals surface area contributed by atoms with Gasteiger partial charge in [-0.15, -0.1) is 0 Å². The number of ketones is 2. The number of carbonyl (C=O) groups excluding carboxylic acids is 2. The molecule has 3 fully saturated rings. The van der Waals surface area contributed by atoms with Crippen molar-refractivity contribution < 1.29 is 19.1 Å². The quantitative estimate of drug-likeness (QED) is 0.746. The summed E-state index contributed by atoms with van der Waals surface area (Å²) in [6, 6.07) is 0. The fourth-order valence-corrected chi connectivity index (χ4v) is 6.34. The number of aliphatic hydroxyl groups is 1. The maximum Gasteiger partial charge on any atom is 0.155 e. The average Bonchev–Trinajstić information content (AvgIpc) is 2.77. The smallest absolute Gasteiger partial charge is 0.155 e. The molecule has 4 aliphatic rings. The van der Waals surface area contributed by atoms with Gasteiger partial charge in [0.05, 0.1) is 6.10 Å². The molecule has 0 saturated heterocycles. The molecular formula is C19H25FO3. The largest absolute Gasteiger partial charge is 0.390 e. The lowest BCUT2D eigenvalue weighted by atomic mass is 9.45. The van der Waals surface area contributed by atoms with Crippen LogP contribution in [-0.2, 0) is 9.59 Å². The molecule has 0 bridgehead atoms. The lowest BCUT2D eigenvalue weighted by Crippen LogP contribution is -2.67. The first kappa shape index (κ1) is 15.5. The summed E-state index contributed by atoms with van der Waals surface area (Å²) < 4.78 is 16.5. The van der Waals surface area contributed by atoms with Gasteiger partial charge < -0.3 is 5.11 Å². The lowest BCUT2D eigenvalue weighted by molar-refractivity contribution is -0.202. The fraction of sp³-hybridized carbons (Fsp3) is 0.789. The summed E-state index contributed by atoms with van der Waals surface area (Å²) in [6.45, 7) is 3.81. The van der Waals surface area contributed by atoms with Crippen LogP contribution in [0.1, 0.15) is 58.8 Å². The second-order valence-electron chi connectivity index (χ2n) is 8.59. The summed E-state index contributed by atoms with van der Waals surface area (Å²) in [7, 11) is 0. The van der Waals surface area contributed by atoms with Crippen LogP contribution >= 0.6 is 0 Å². The third-order valence-electron chi connectivity index (χ3n) is 7.75. The molecule has 6 atom stereocenters. The van der Waals surface area contributed by atoms with E-state index in [-0.39, 0.29) is 29.8 Å². The molecule has 0 aromatic rings. The number of fused-ring (bicyclic) bond motifs is 5. The molecule has 1 unspecified atom stereocenters. The second kappa shape index (κ2) is 4.53. The van der Waals surface area contributed by atoms with E-state index >= 15 is 4.39 Å². The summed E-state index contributed by atoms with van der Waals surface area (Å²) in [6.07, 6.45) is 4.15. The van der Waals surface area contributed by atoms with Gasteiger partial charge in [0.15, 0.2) is 5.78 Å². The molecule has 126 valence electrons. The van der Waals surface area contributed by atoms with Gasteiger partial charge in [-0.3, -0.25) is 9.59 Å². The Labute approximate surface area is 136 Å². The highest BCUT2D eigenvalue weighted by molar-refractivity contribution is 5.92. The number of allylic oxidation sites excluding steroid dienone is 1. The zero-order valence-corrected chi connectivity index (χ0v) is 13.9. The van der Waals surface area contributed by atoms with Crippen molar-refractivity contribution in [2.45, 2.75) is 70.6 Å². The van der Waals surface area contributed by atoms with E-state index in [4.69, 9.17) is 0 Å². The number of rotatable bonds is 0. The van der Waals surface area contributed by atoms with Gasteiger partial charge in [0.2, 0.25) is 0 Å². The van der Waals surface area contributed by atoms with Crippen molar-refractivity contribution >= 4 is 11.6 Å². The highest BCUT2D eigenvalue weighted by Gasteiger charge is 2.70. The van der Waals surface area contributed by atoms with Gasteiger partial charge >= 0.3 is 0 Å². The Morgan fingerprint density at radius 2 is 1.83 bits per heavy atom. The minimum Gasteiger partial charge on any atom is -0.390 e. The Bertz CT molecular complexity index is 626. The van der Waals surface area contributed by atoms with Crippen LogP contribution in [0.4, 0.5) is 4.39 Å². The number of hydrogen-bond acceptors (Lipinski definition) is 3. The maximum absolute atomic E-state index is 16.5. The second-order valence-corrected chi connectivity index (χ2v) is 8.59. The van der Waals surface area contributed by atoms with E-state index in [1.165, 1.54) is 0 Å². The number of aliphatic hydroxyl groups excluding tert-OH is 1. The Balaban J connectivity index is 1.83. The Morgan fingerprint density at radius 3 is 2.57 bits per heavy atom. The maximum atomic E-state index is 16.5. The van der Waals surface area contributed by atoms with Crippen LogP contribution in [-0.4, -0.2) is 28.4 Å². The summed E-state index contributed by atoms with van der Waals surface area (Å²) in [5, 5.41) is 10.8. The molecule has 4 heteroatoms. The molecule has 0 spiro atoms. The summed E-state index contributed by atoms with van der Waals surface area (Å²) >= 11 is 0. The number of hydrogen-bond donors (Lipinski definition) is 1. The SMILES string of the molecule is C[C@]12CCC(=O)C=C1CC[C@H]1[C@@H]3CCC(=O)[C@@]3(C)CC(O)[C@@]12F. The summed E-state index contributed by atoms with van der Waals surface area (Å²) in [5.74, 6) is 0.0112.